The lowest BCUT2D eigenvalue weighted by Gasteiger charge is -2.39. The molecule has 4 heterocycles. The maximum Gasteiger partial charge on any atom is 0.304 e. The van der Waals surface area contributed by atoms with Crippen LogP contribution in [0.5, 0.6) is 0 Å². The van der Waals surface area contributed by atoms with Crippen molar-refractivity contribution in [2.45, 2.75) is 88.7 Å². The number of carbonyl (C=O) groups excluding carboxylic acids is 4. The zero-order valence-corrected chi connectivity index (χ0v) is 28.1. The molecule has 1 N–H and O–H groups in total. The normalized spacial score (nSPS) is 29.0. The molecule has 2 aromatic rings. The molecule has 1 unspecified atom stereocenters. The van der Waals surface area contributed by atoms with Gasteiger partial charge in [0.15, 0.2) is 11.8 Å². The largest absolute Gasteiger partial charge is 0.441 e. The van der Waals surface area contributed by atoms with Crippen molar-refractivity contribution in [1.29, 1.82) is 0 Å². The lowest BCUT2D eigenvalue weighted by molar-refractivity contribution is -0.154. The van der Waals surface area contributed by atoms with Gasteiger partial charge < -0.3 is 28.5 Å². The Balaban J connectivity index is 1.33. The van der Waals surface area contributed by atoms with E-state index in [0.29, 0.717) is 40.5 Å². The number of benzene rings is 2. The zero-order chi connectivity index (χ0) is 33.1. The molecular weight excluding hydrogens is 633 g/mol. The molecule has 6 rings (SSSR count). The van der Waals surface area contributed by atoms with Gasteiger partial charge in [0, 0.05) is 41.2 Å². The summed E-state index contributed by atoms with van der Waals surface area (Å²) in [7, 11) is -3.50. The van der Waals surface area contributed by atoms with E-state index in [9.17, 15) is 24.3 Å². The summed E-state index contributed by atoms with van der Waals surface area (Å²) in [4.78, 5) is 56.8. The maximum absolute atomic E-state index is 16.2. The summed E-state index contributed by atoms with van der Waals surface area (Å²) >= 11 is 6.49. The van der Waals surface area contributed by atoms with Crippen LogP contribution in [0.25, 0.3) is 0 Å². The molecule has 3 saturated heterocycles. The first-order chi connectivity index (χ1) is 21.8. The summed E-state index contributed by atoms with van der Waals surface area (Å²) in [5.74, 6) is -1.86. The number of fused-ring (bicyclic) bond motifs is 2. The molecule has 0 radical (unpaired) electrons. The number of rotatable bonds is 8. The third-order valence-electron chi connectivity index (χ3n) is 9.94. The first kappa shape index (κ1) is 32.6. The average molecular weight is 672 g/mol. The number of hydrogen-bond acceptors (Lipinski definition) is 7. The van der Waals surface area contributed by atoms with E-state index in [4.69, 9.17) is 21.1 Å². The van der Waals surface area contributed by atoms with Gasteiger partial charge in [-0.15, -0.1) is 0 Å². The fourth-order valence-corrected chi connectivity index (χ4v) is 10.7. The molecule has 246 valence electrons. The van der Waals surface area contributed by atoms with E-state index in [2.05, 4.69) is 0 Å². The molecule has 3 fully saturated rings. The van der Waals surface area contributed by atoms with Crippen molar-refractivity contribution in [3.63, 3.8) is 0 Å². The zero-order valence-electron chi connectivity index (χ0n) is 26.4. The number of β-lactam (4-membered cyclic amide) rings is 1. The number of esters is 1. The molecule has 1 spiro atoms. The topological polar surface area (TPSA) is 117 Å². The van der Waals surface area contributed by atoms with Gasteiger partial charge in [-0.3, -0.25) is 24.1 Å². The summed E-state index contributed by atoms with van der Waals surface area (Å²) in [6.45, 7) is 6.79. The predicted octanol–water partition coefficient (Wildman–Crippen LogP) is 4.66. The second-order valence-electron chi connectivity index (χ2n) is 13.3. The van der Waals surface area contributed by atoms with Gasteiger partial charge in [0.1, 0.15) is 0 Å². The molecule has 46 heavy (non-hydrogen) atoms. The van der Waals surface area contributed by atoms with Crippen molar-refractivity contribution in [1.82, 2.24) is 4.90 Å². The number of halogens is 2. The third kappa shape index (κ3) is 5.42. The molecular formula is C33H39ClFN3O7Si. The second-order valence-corrected chi connectivity index (χ2v) is 17.5. The van der Waals surface area contributed by atoms with E-state index in [1.165, 1.54) is 11.8 Å². The Morgan fingerprint density at radius 3 is 2.63 bits per heavy atom. The number of anilines is 2. The van der Waals surface area contributed by atoms with Crippen LogP contribution in [-0.4, -0.2) is 73.6 Å². The minimum atomic E-state index is -3.50. The van der Waals surface area contributed by atoms with Gasteiger partial charge in [-0.25, -0.2) is 0 Å². The number of likely N-dealkylation sites (tertiary alicyclic amines) is 1. The van der Waals surface area contributed by atoms with Crippen LogP contribution in [0.2, 0.25) is 23.7 Å². The maximum atomic E-state index is 16.2. The highest BCUT2D eigenvalue weighted by molar-refractivity contribution is 6.72. The molecule has 2 aromatic carbocycles. The van der Waals surface area contributed by atoms with Gasteiger partial charge in [0.2, 0.25) is 20.2 Å². The van der Waals surface area contributed by atoms with E-state index in [1.807, 2.05) is 13.0 Å². The van der Waals surface area contributed by atoms with E-state index in [1.54, 1.807) is 59.3 Å². The Morgan fingerprint density at radius 1 is 1.20 bits per heavy atom. The number of carbonyl (C=O) groups is 4. The number of hydrogen-bond donors (Lipinski definition) is 1. The summed E-state index contributed by atoms with van der Waals surface area (Å²) in [6, 6.07) is 12.0. The van der Waals surface area contributed by atoms with Gasteiger partial charge in [0.05, 0.1) is 43.8 Å². The first-order valence-electron chi connectivity index (χ1n) is 15.7. The van der Waals surface area contributed by atoms with Crippen molar-refractivity contribution >= 4 is 55.1 Å². The van der Waals surface area contributed by atoms with Gasteiger partial charge in [-0.05, 0) is 61.8 Å². The van der Waals surface area contributed by atoms with Crippen molar-refractivity contribution in [2.75, 3.05) is 23.0 Å². The van der Waals surface area contributed by atoms with Crippen molar-refractivity contribution in [2.24, 2.45) is 5.92 Å². The smallest absolute Gasteiger partial charge is 0.304 e. The van der Waals surface area contributed by atoms with Crippen molar-refractivity contribution in [3.8, 4) is 0 Å². The first-order valence-corrected chi connectivity index (χ1v) is 19.1. The van der Waals surface area contributed by atoms with Crippen molar-refractivity contribution in [3.05, 3.63) is 58.6 Å². The Hall–Kier alpha value is -3.32. The highest BCUT2D eigenvalue weighted by Gasteiger charge is 2.67. The fraction of sp³-hybridized carbons (Fsp3) is 0.515. The molecule has 0 aromatic heterocycles. The van der Waals surface area contributed by atoms with Crippen LogP contribution in [0.3, 0.4) is 0 Å². The van der Waals surface area contributed by atoms with Crippen LogP contribution in [0.15, 0.2) is 42.5 Å². The van der Waals surface area contributed by atoms with E-state index < -0.39 is 43.8 Å². The highest BCUT2D eigenvalue weighted by atomic mass is 35.5. The molecule has 10 nitrogen and oxygen atoms in total. The molecule has 0 saturated carbocycles. The number of ether oxygens (including phenoxy) is 2. The molecule has 4 aliphatic heterocycles. The lowest BCUT2D eigenvalue weighted by Crippen LogP contribution is -2.54. The summed E-state index contributed by atoms with van der Waals surface area (Å²) < 4.78 is 28.2. The Morgan fingerprint density at radius 2 is 1.96 bits per heavy atom. The van der Waals surface area contributed by atoms with E-state index in [-0.39, 0.29) is 49.8 Å². The minimum Gasteiger partial charge on any atom is -0.441 e. The quantitative estimate of drug-likeness (QED) is 0.188. The van der Waals surface area contributed by atoms with Gasteiger partial charge in [-0.2, -0.15) is 0 Å². The number of aliphatic hydroxyl groups is 1. The monoisotopic (exact) mass is 671 g/mol. The molecule has 6 atom stereocenters. The second kappa shape index (κ2) is 12.0. The van der Waals surface area contributed by atoms with Crippen LogP contribution in [0.4, 0.5) is 15.5 Å². The van der Waals surface area contributed by atoms with Crippen LogP contribution in [0, 0.1) is 5.92 Å². The number of aliphatic hydroxyl groups excluding tert-OH is 1. The summed E-state index contributed by atoms with van der Waals surface area (Å²) in [5.41, 5.74) is 0.140. The van der Waals surface area contributed by atoms with Crippen LogP contribution < -0.4 is 9.80 Å². The van der Waals surface area contributed by atoms with Crippen LogP contribution in [0.1, 0.15) is 50.7 Å². The Kier molecular flexibility index (Phi) is 8.54. The Bertz CT molecular complexity index is 1590. The third-order valence-corrected chi connectivity index (χ3v) is 12.6. The lowest BCUT2D eigenvalue weighted by atomic mass is 9.82. The molecule has 0 bridgehead atoms. The number of nitrogens with zero attached hydrogens (tertiary/aromatic N) is 3. The summed E-state index contributed by atoms with van der Waals surface area (Å²) in [6.07, 6.45) is -0.0388. The van der Waals surface area contributed by atoms with Crippen molar-refractivity contribution < 1.29 is 37.9 Å². The molecule has 3 amide bonds. The molecule has 4 aliphatic rings. The molecule has 13 heteroatoms. The predicted molar refractivity (Wildman–Crippen MR) is 171 cm³/mol. The standard InChI is InChI=1S/C33H39ClFN3O7Si/c1-19-31(46(3,4)35)27(15-28(41)36-12-6-9-24(36)18-39)45-33(19)25-14-22(34)10-11-26(25)37(32(33)43)17-21-7-5-8-23(13-21)38-29(42)16-30(38)44-20(2)40/h5,7-8,10-11,13-14,19,24,27,30-31,39H,6,9,12,15-18H2,1-4H3/t19-,24+,27+,30?,31-,33+/m1/s1. The van der Waals surface area contributed by atoms with Gasteiger partial charge in [-0.1, -0.05) is 30.7 Å². The van der Waals surface area contributed by atoms with Gasteiger partial charge >= 0.3 is 5.97 Å². The minimum absolute atomic E-state index is 0.0911. The van der Waals surface area contributed by atoms with Crippen LogP contribution >= 0.6 is 11.6 Å². The average Bonchev–Trinajstić information content (AvgIpc) is 3.63. The summed E-state index contributed by atoms with van der Waals surface area (Å²) in [5, 5.41) is 10.2. The van der Waals surface area contributed by atoms with Gasteiger partial charge in [0.25, 0.3) is 5.91 Å². The Labute approximate surface area is 273 Å². The van der Waals surface area contributed by atoms with E-state index in [0.717, 1.165) is 6.42 Å². The molecule has 0 aliphatic carbocycles. The fourth-order valence-electron chi connectivity index (χ4n) is 7.99. The SMILES string of the molecule is CC(=O)OC1CC(=O)N1c1cccc(CN2C(=O)[C@@]3(O[C@@H](CC(=O)N4CCC[C@H]4CO)[C@H]([Si](C)(C)F)[C@H]3C)c3cc(Cl)ccc32)c1. The van der Waals surface area contributed by atoms with E-state index >= 15 is 4.11 Å². The number of amides is 3. The van der Waals surface area contributed by atoms with Crippen LogP contribution in [-0.2, 0) is 40.8 Å². The highest BCUT2D eigenvalue weighted by Crippen LogP contribution is 2.60.